The number of nitrogens with one attached hydrogen (secondary N) is 3. The number of nitrogens with zero attached hydrogens (tertiary/aromatic N) is 3. The maximum Gasteiger partial charge on any atom is 0.177 e. The standard InChI is InChI=1S/C29H30N6S4/c1-2-3-4-5-6-9-16-36-37-27-32-23-14-12-19(17-25(23)34-27)20-13-15-24-26(18-20)35-29(33-24)39-38-28-30-21-10-7-8-11-22(21)31-28/h7-8,10-15,17-18H,2-6,9,16H2,1H3,(H,30,31)(H,32,34)(H,33,35). The van der Waals surface area contributed by atoms with E-state index in [9.17, 15) is 0 Å². The summed E-state index contributed by atoms with van der Waals surface area (Å²) in [5.74, 6) is 1.17. The molecule has 6 aromatic rings. The first-order valence-corrected chi connectivity index (χ1v) is 17.8. The van der Waals surface area contributed by atoms with E-state index in [0.29, 0.717) is 0 Å². The summed E-state index contributed by atoms with van der Waals surface area (Å²) in [4.78, 5) is 24.5. The van der Waals surface area contributed by atoms with Gasteiger partial charge in [-0.2, -0.15) is 0 Å². The zero-order valence-electron chi connectivity index (χ0n) is 21.7. The molecule has 0 aliphatic heterocycles. The molecule has 200 valence electrons. The van der Waals surface area contributed by atoms with Crippen LogP contribution >= 0.6 is 43.2 Å². The Morgan fingerprint density at radius 2 is 1.10 bits per heavy atom. The fourth-order valence-electron chi connectivity index (χ4n) is 4.50. The number of fused-ring (bicyclic) bond motifs is 3. The molecule has 0 unspecified atom stereocenters. The summed E-state index contributed by atoms with van der Waals surface area (Å²) < 4.78 is 0. The molecular formula is C29H30N6S4. The van der Waals surface area contributed by atoms with Crippen molar-refractivity contribution in [2.24, 2.45) is 0 Å². The van der Waals surface area contributed by atoms with E-state index in [-0.39, 0.29) is 0 Å². The molecule has 0 atom stereocenters. The molecule has 0 amide bonds. The van der Waals surface area contributed by atoms with Gasteiger partial charge in [0.25, 0.3) is 0 Å². The number of aromatic amines is 3. The Hall–Kier alpha value is -2.53. The van der Waals surface area contributed by atoms with E-state index in [1.54, 1.807) is 32.4 Å². The number of rotatable bonds is 13. The van der Waals surface area contributed by atoms with Crippen LogP contribution in [0.3, 0.4) is 0 Å². The van der Waals surface area contributed by atoms with Crippen molar-refractivity contribution in [1.82, 2.24) is 29.9 Å². The lowest BCUT2D eigenvalue weighted by Crippen LogP contribution is -1.81. The summed E-state index contributed by atoms with van der Waals surface area (Å²) in [7, 11) is 6.79. The third-order valence-corrected chi connectivity index (χ3v) is 10.8. The molecule has 0 aliphatic carbocycles. The molecule has 0 saturated carbocycles. The lowest BCUT2D eigenvalue weighted by Gasteiger charge is -2.01. The molecule has 6 nitrogen and oxygen atoms in total. The summed E-state index contributed by atoms with van der Waals surface area (Å²) >= 11 is 0. The maximum atomic E-state index is 4.78. The van der Waals surface area contributed by atoms with Crippen molar-refractivity contribution in [2.75, 3.05) is 5.75 Å². The number of unbranched alkanes of at least 4 members (excludes halogenated alkanes) is 5. The van der Waals surface area contributed by atoms with Crippen LogP contribution in [0.15, 0.2) is 76.1 Å². The van der Waals surface area contributed by atoms with Crippen LogP contribution in [0.2, 0.25) is 0 Å². The second-order valence-corrected chi connectivity index (χ2v) is 14.0. The van der Waals surface area contributed by atoms with Gasteiger partial charge < -0.3 is 15.0 Å². The molecule has 3 aromatic carbocycles. The van der Waals surface area contributed by atoms with E-state index in [4.69, 9.17) is 9.97 Å². The third kappa shape index (κ3) is 6.62. The van der Waals surface area contributed by atoms with Gasteiger partial charge >= 0.3 is 0 Å². The minimum atomic E-state index is 0.858. The van der Waals surface area contributed by atoms with Crippen LogP contribution < -0.4 is 0 Å². The average molecular weight is 591 g/mol. The molecule has 0 bridgehead atoms. The molecule has 0 spiro atoms. The van der Waals surface area contributed by atoms with Crippen LogP contribution in [0.1, 0.15) is 45.4 Å². The molecule has 3 heterocycles. The van der Waals surface area contributed by atoms with E-state index < -0.39 is 0 Å². The maximum absolute atomic E-state index is 4.78. The van der Waals surface area contributed by atoms with Crippen LogP contribution in [0.4, 0.5) is 0 Å². The number of hydrogen-bond acceptors (Lipinski definition) is 7. The van der Waals surface area contributed by atoms with Gasteiger partial charge in [0.1, 0.15) is 0 Å². The molecule has 3 aromatic heterocycles. The second kappa shape index (κ2) is 12.8. The third-order valence-electron chi connectivity index (χ3n) is 6.54. The molecule has 0 fully saturated rings. The average Bonchev–Trinajstić information content (AvgIpc) is 3.68. The molecular weight excluding hydrogens is 561 g/mol. The summed E-state index contributed by atoms with van der Waals surface area (Å²) in [5.41, 5.74) is 8.37. The van der Waals surface area contributed by atoms with Gasteiger partial charge in [0.05, 0.1) is 33.1 Å². The zero-order chi connectivity index (χ0) is 26.4. The van der Waals surface area contributed by atoms with Crippen molar-refractivity contribution in [1.29, 1.82) is 0 Å². The van der Waals surface area contributed by atoms with E-state index in [2.05, 4.69) is 63.3 Å². The lowest BCUT2D eigenvalue weighted by molar-refractivity contribution is 0.627. The van der Waals surface area contributed by atoms with Gasteiger partial charge in [-0.3, -0.25) is 0 Å². The van der Waals surface area contributed by atoms with Gasteiger partial charge in [-0.15, -0.1) is 0 Å². The number of imidazole rings is 3. The predicted molar refractivity (Wildman–Crippen MR) is 171 cm³/mol. The largest absolute Gasteiger partial charge is 0.332 e. The first kappa shape index (κ1) is 26.7. The summed E-state index contributed by atoms with van der Waals surface area (Å²) in [5, 5.41) is 2.70. The van der Waals surface area contributed by atoms with E-state index in [0.717, 1.165) is 59.7 Å². The molecule has 10 heteroatoms. The summed E-state index contributed by atoms with van der Waals surface area (Å²) in [6.07, 6.45) is 8.01. The highest BCUT2D eigenvalue weighted by Gasteiger charge is 2.10. The zero-order valence-corrected chi connectivity index (χ0v) is 25.0. The minimum Gasteiger partial charge on any atom is -0.332 e. The van der Waals surface area contributed by atoms with Crippen LogP contribution in [0.25, 0.3) is 44.2 Å². The van der Waals surface area contributed by atoms with Crippen molar-refractivity contribution in [3.8, 4) is 11.1 Å². The fraction of sp³-hybridized carbons (Fsp3) is 0.276. The Morgan fingerprint density at radius 1 is 0.564 bits per heavy atom. The van der Waals surface area contributed by atoms with E-state index in [1.165, 1.54) is 44.3 Å². The predicted octanol–water partition coefficient (Wildman–Crippen LogP) is 9.88. The molecule has 6 rings (SSSR count). The summed E-state index contributed by atoms with van der Waals surface area (Å²) in [6, 6.07) is 20.9. The Labute approximate surface area is 243 Å². The van der Waals surface area contributed by atoms with Gasteiger partial charge in [-0.25, -0.2) is 15.0 Å². The van der Waals surface area contributed by atoms with Crippen LogP contribution in [-0.2, 0) is 0 Å². The minimum absolute atomic E-state index is 0.858. The highest BCUT2D eigenvalue weighted by atomic mass is 33.1. The van der Waals surface area contributed by atoms with Crippen molar-refractivity contribution >= 4 is 76.3 Å². The van der Waals surface area contributed by atoms with Gasteiger partial charge in [-0.05, 0) is 86.3 Å². The molecule has 3 N–H and O–H groups in total. The molecule has 0 radical (unpaired) electrons. The Bertz CT molecular complexity index is 1650. The Kier molecular flexibility index (Phi) is 8.73. The first-order chi connectivity index (χ1) is 19.2. The molecule has 0 saturated heterocycles. The lowest BCUT2D eigenvalue weighted by atomic mass is 10.0. The van der Waals surface area contributed by atoms with Gasteiger partial charge in [-0.1, -0.05) is 74.1 Å². The highest BCUT2D eigenvalue weighted by Crippen LogP contribution is 2.37. The summed E-state index contributed by atoms with van der Waals surface area (Å²) in [6.45, 7) is 2.27. The van der Waals surface area contributed by atoms with E-state index >= 15 is 0 Å². The number of benzene rings is 3. The van der Waals surface area contributed by atoms with Crippen molar-refractivity contribution in [3.63, 3.8) is 0 Å². The molecule has 0 aliphatic rings. The SMILES string of the molecule is CCCCCCCCSSc1nc2ccc(-c3ccc4nc(SSc5nc6ccccc6[nH]5)[nH]c4c3)cc2[nH]1. The quantitative estimate of drug-likeness (QED) is 0.0911. The van der Waals surface area contributed by atoms with Crippen LogP contribution in [0.5, 0.6) is 0 Å². The van der Waals surface area contributed by atoms with Crippen molar-refractivity contribution < 1.29 is 0 Å². The van der Waals surface area contributed by atoms with Gasteiger partial charge in [0, 0.05) is 5.75 Å². The first-order valence-electron chi connectivity index (χ1n) is 13.3. The number of H-pyrrole nitrogens is 3. The fourth-order valence-corrected chi connectivity index (χ4v) is 8.16. The van der Waals surface area contributed by atoms with E-state index in [1.807, 2.05) is 35.1 Å². The van der Waals surface area contributed by atoms with Gasteiger partial charge in [0.15, 0.2) is 15.5 Å². The Balaban J connectivity index is 1.08. The monoisotopic (exact) mass is 590 g/mol. The Morgan fingerprint density at radius 3 is 1.74 bits per heavy atom. The topological polar surface area (TPSA) is 86.0 Å². The molecule has 39 heavy (non-hydrogen) atoms. The van der Waals surface area contributed by atoms with Gasteiger partial charge in [0.2, 0.25) is 0 Å². The normalized spacial score (nSPS) is 11.8. The smallest absolute Gasteiger partial charge is 0.177 e. The van der Waals surface area contributed by atoms with Crippen LogP contribution in [0, 0.1) is 0 Å². The number of hydrogen-bond donors (Lipinski definition) is 3. The second-order valence-electron chi connectivity index (χ2n) is 9.45. The van der Waals surface area contributed by atoms with Crippen molar-refractivity contribution in [3.05, 3.63) is 60.7 Å². The number of aromatic nitrogens is 6. The van der Waals surface area contributed by atoms with Crippen LogP contribution in [-0.4, -0.2) is 35.7 Å². The number of para-hydroxylation sites is 2. The van der Waals surface area contributed by atoms with Crippen molar-refractivity contribution in [2.45, 2.75) is 60.9 Å². The highest BCUT2D eigenvalue weighted by molar-refractivity contribution is 8.76.